The van der Waals surface area contributed by atoms with Gasteiger partial charge in [-0.2, -0.15) is 0 Å². The zero-order valence-electron chi connectivity index (χ0n) is 14.2. The van der Waals surface area contributed by atoms with E-state index in [1.807, 2.05) is 43.3 Å². The maximum Gasteiger partial charge on any atom is 0.220 e. The van der Waals surface area contributed by atoms with Gasteiger partial charge in [-0.1, -0.05) is 19.1 Å². The van der Waals surface area contributed by atoms with Gasteiger partial charge in [-0.15, -0.1) is 0 Å². The normalized spacial score (nSPS) is 12.4. The van der Waals surface area contributed by atoms with Crippen LogP contribution in [0.25, 0.3) is 11.3 Å². The maximum absolute atomic E-state index is 6.27. The first-order valence-corrected chi connectivity index (χ1v) is 8.24. The SMILES string of the molecule is CCc1cc(-c2cc(N)c3c(c2)Oc2ccccc2N=C3N)nc(N)n1. The molecule has 0 radical (unpaired) electrons. The number of aliphatic imine (C=N–C) groups is 1. The van der Waals surface area contributed by atoms with Gasteiger partial charge in [0.25, 0.3) is 0 Å². The molecule has 2 aromatic carbocycles. The fourth-order valence-corrected chi connectivity index (χ4v) is 2.93. The Morgan fingerprint density at radius 2 is 1.77 bits per heavy atom. The van der Waals surface area contributed by atoms with Crippen molar-refractivity contribution in [2.75, 3.05) is 11.5 Å². The first-order valence-electron chi connectivity index (χ1n) is 8.24. The molecule has 1 aliphatic heterocycles. The van der Waals surface area contributed by atoms with E-state index in [0.29, 0.717) is 40.0 Å². The average molecular weight is 346 g/mol. The van der Waals surface area contributed by atoms with E-state index in [-0.39, 0.29) is 5.95 Å². The summed E-state index contributed by atoms with van der Waals surface area (Å²) in [5.41, 5.74) is 22.3. The van der Waals surface area contributed by atoms with Crippen molar-refractivity contribution in [2.45, 2.75) is 13.3 Å². The number of aromatic nitrogens is 2. The largest absolute Gasteiger partial charge is 0.454 e. The summed E-state index contributed by atoms with van der Waals surface area (Å²) in [6.07, 6.45) is 0.754. The second-order valence-corrected chi connectivity index (χ2v) is 5.96. The van der Waals surface area contributed by atoms with Gasteiger partial charge in [-0.3, -0.25) is 0 Å². The highest BCUT2D eigenvalue weighted by Crippen LogP contribution is 2.40. The predicted molar refractivity (Wildman–Crippen MR) is 103 cm³/mol. The van der Waals surface area contributed by atoms with Crippen molar-refractivity contribution in [3.8, 4) is 22.8 Å². The van der Waals surface area contributed by atoms with E-state index >= 15 is 0 Å². The summed E-state index contributed by atoms with van der Waals surface area (Å²) in [6.45, 7) is 2.01. The quantitative estimate of drug-likeness (QED) is 0.612. The molecule has 1 aromatic heterocycles. The van der Waals surface area contributed by atoms with Gasteiger partial charge in [-0.25, -0.2) is 15.0 Å². The topological polar surface area (TPSA) is 125 Å². The molecule has 7 heteroatoms. The number of hydrogen-bond acceptors (Lipinski definition) is 7. The molecular weight excluding hydrogens is 328 g/mol. The van der Waals surface area contributed by atoms with Crippen molar-refractivity contribution in [1.29, 1.82) is 0 Å². The second-order valence-electron chi connectivity index (χ2n) is 5.96. The maximum atomic E-state index is 6.27. The van der Waals surface area contributed by atoms with Crippen LogP contribution >= 0.6 is 0 Å². The fourth-order valence-electron chi connectivity index (χ4n) is 2.93. The summed E-state index contributed by atoms with van der Waals surface area (Å²) in [4.78, 5) is 13.0. The molecule has 0 bridgehead atoms. The number of aryl methyl sites for hydroxylation is 1. The Balaban J connectivity index is 1.89. The summed E-state index contributed by atoms with van der Waals surface area (Å²) in [5, 5.41) is 0. The molecule has 0 fully saturated rings. The first kappa shape index (κ1) is 15.9. The van der Waals surface area contributed by atoms with Gasteiger partial charge in [0.2, 0.25) is 5.95 Å². The van der Waals surface area contributed by atoms with Crippen LogP contribution in [0.5, 0.6) is 11.5 Å². The Hall–Kier alpha value is -3.61. The minimum Gasteiger partial charge on any atom is -0.454 e. The zero-order chi connectivity index (χ0) is 18.3. The van der Waals surface area contributed by atoms with Gasteiger partial charge in [0.05, 0.1) is 11.3 Å². The summed E-state index contributed by atoms with van der Waals surface area (Å²) in [5.74, 6) is 1.68. The Morgan fingerprint density at radius 1 is 0.962 bits per heavy atom. The lowest BCUT2D eigenvalue weighted by Gasteiger charge is -2.13. The van der Waals surface area contributed by atoms with Gasteiger partial charge < -0.3 is 21.9 Å². The summed E-state index contributed by atoms with van der Waals surface area (Å²) in [7, 11) is 0. The molecule has 0 unspecified atom stereocenters. The summed E-state index contributed by atoms with van der Waals surface area (Å²) >= 11 is 0. The monoisotopic (exact) mass is 346 g/mol. The number of nitrogens with two attached hydrogens (primary N) is 3. The molecule has 7 nitrogen and oxygen atoms in total. The average Bonchev–Trinajstić information content (AvgIpc) is 2.76. The molecule has 4 rings (SSSR count). The van der Waals surface area contributed by atoms with E-state index in [9.17, 15) is 0 Å². The summed E-state index contributed by atoms with van der Waals surface area (Å²) < 4.78 is 6.05. The number of para-hydroxylation sites is 2. The number of nitrogens with zero attached hydrogens (tertiary/aromatic N) is 3. The molecule has 0 atom stereocenters. The fraction of sp³-hybridized carbons (Fsp3) is 0.105. The molecule has 2 heterocycles. The standard InChI is InChI=1S/C19H18N6O/c1-2-11-9-14(25-19(22)23-11)10-7-12(20)17-16(8-10)26-15-6-4-3-5-13(15)24-18(17)21/h3-9H,2,20H2,1H3,(H2,21,24)(H2,22,23,25). The third kappa shape index (κ3) is 2.69. The van der Waals surface area contributed by atoms with Gasteiger partial charge in [0.15, 0.2) is 5.75 Å². The second kappa shape index (κ2) is 6.03. The van der Waals surface area contributed by atoms with Gasteiger partial charge in [0.1, 0.15) is 17.3 Å². The highest BCUT2D eigenvalue weighted by atomic mass is 16.5. The third-order valence-electron chi connectivity index (χ3n) is 4.17. The van der Waals surface area contributed by atoms with Crippen molar-refractivity contribution >= 4 is 23.2 Å². The summed E-state index contributed by atoms with van der Waals surface area (Å²) in [6, 6.07) is 13.0. The van der Waals surface area contributed by atoms with E-state index in [2.05, 4.69) is 15.0 Å². The van der Waals surface area contributed by atoms with Crippen molar-refractivity contribution in [2.24, 2.45) is 10.7 Å². The van der Waals surface area contributed by atoms with E-state index < -0.39 is 0 Å². The van der Waals surface area contributed by atoms with E-state index in [4.69, 9.17) is 21.9 Å². The zero-order valence-corrected chi connectivity index (χ0v) is 14.2. The molecule has 0 saturated heterocycles. The van der Waals surface area contributed by atoms with Gasteiger partial charge in [0, 0.05) is 16.9 Å². The number of hydrogen-bond donors (Lipinski definition) is 3. The van der Waals surface area contributed by atoms with Crippen LogP contribution in [-0.2, 0) is 6.42 Å². The van der Waals surface area contributed by atoms with Crippen molar-refractivity contribution in [1.82, 2.24) is 9.97 Å². The van der Waals surface area contributed by atoms with Crippen LogP contribution in [0.4, 0.5) is 17.3 Å². The number of ether oxygens (including phenoxy) is 1. The predicted octanol–water partition coefficient (Wildman–Crippen LogP) is 3.01. The molecule has 3 aromatic rings. The van der Waals surface area contributed by atoms with Crippen molar-refractivity contribution < 1.29 is 4.74 Å². The van der Waals surface area contributed by atoms with Crippen LogP contribution in [0.15, 0.2) is 47.5 Å². The van der Waals surface area contributed by atoms with Crippen molar-refractivity contribution in [3.05, 3.63) is 53.7 Å². The van der Waals surface area contributed by atoms with Crippen LogP contribution in [-0.4, -0.2) is 15.8 Å². The van der Waals surface area contributed by atoms with E-state index in [0.717, 1.165) is 17.7 Å². The number of fused-ring (bicyclic) bond motifs is 2. The lowest BCUT2D eigenvalue weighted by atomic mass is 10.0. The van der Waals surface area contributed by atoms with Crippen LogP contribution in [0, 0.1) is 0 Å². The number of anilines is 2. The number of rotatable bonds is 2. The highest BCUT2D eigenvalue weighted by molar-refractivity contribution is 6.07. The minimum atomic E-state index is 0.222. The lowest BCUT2D eigenvalue weighted by molar-refractivity contribution is 0.485. The third-order valence-corrected chi connectivity index (χ3v) is 4.17. The Bertz CT molecular complexity index is 1040. The van der Waals surface area contributed by atoms with Gasteiger partial charge >= 0.3 is 0 Å². The number of nitrogen functional groups attached to an aromatic ring is 2. The van der Waals surface area contributed by atoms with E-state index in [1.54, 1.807) is 6.07 Å². The van der Waals surface area contributed by atoms with Gasteiger partial charge in [-0.05, 0) is 36.8 Å². The van der Waals surface area contributed by atoms with Crippen molar-refractivity contribution in [3.63, 3.8) is 0 Å². The molecule has 130 valence electrons. The smallest absolute Gasteiger partial charge is 0.220 e. The number of benzene rings is 2. The minimum absolute atomic E-state index is 0.222. The number of amidine groups is 1. The molecule has 1 aliphatic rings. The van der Waals surface area contributed by atoms with Crippen LogP contribution < -0.4 is 21.9 Å². The Kier molecular flexibility index (Phi) is 3.69. The lowest BCUT2D eigenvalue weighted by Crippen LogP contribution is -2.15. The Labute approximate surface area is 150 Å². The van der Waals surface area contributed by atoms with Crippen LogP contribution in [0.2, 0.25) is 0 Å². The Morgan fingerprint density at radius 3 is 2.58 bits per heavy atom. The molecule has 0 spiro atoms. The molecule has 0 amide bonds. The molecule has 0 saturated carbocycles. The molecule has 0 aliphatic carbocycles. The highest BCUT2D eigenvalue weighted by Gasteiger charge is 2.20. The van der Waals surface area contributed by atoms with Crippen LogP contribution in [0.1, 0.15) is 18.2 Å². The first-order chi connectivity index (χ1) is 12.5. The molecule has 26 heavy (non-hydrogen) atoms. The van der Waals surface area contributed by atoms with E-state index in [1.165, 1.54) is 0 Å². The molecule has 6 N–H and O–H groups in total. The van der Waals surface area contributed by atoms with Crippen LogP contribution in [0.3, 0.4) is 0 Å². The molecular formula is C19H18N6O.